The molecule has 5 heteroatoms. The largest absolute Gasteiger partial charge is 0.490 e. The normalized spacial score (nSPS) is 19.4. The number of rotatable bonds is 1. The van der Waals surface area contributed by atoms with Crippen molar-refractivity contribution in [3.63, 3.8) is 0 Å². The summed E-state index contributed by atoms with van der Waals surface area (Å²) in [5.41, 5.74) is 2.50. The van der Waals surface area contributed by atoms with Crippen molar-refractivity contribution in [1.82, 2.24) is 4.90 Å². The molecule has 0 bridgehead atoms. The summed E-state index contributed by atoms with van der Waals surface area (Å²) in [7, 11) is 0. The molecular formula is C26H31NO4. The standard InChI is InChI=1S/C26H31NO4/c1-20-7-6-10-22(19-20)24(28)27-15-13-26(14-16-27)12-5-4-9-21-8-2-3-11-23(21)30-17-18-31-25(26)29/h2-3,6-8,10-11,19H,4-5,9,12-18H2,1H3. The molecule has 0 aliphatic carbocycles. The van der Waals surface area contributed by atoms with E-state index in [1.165, 1.54) is 5.56 Å². The number of hydrogen-bond donors (Lipinski definition) is 0. The molecule has 1 fully saturated rings. The molecule has 31 heavy (non-hydrogen) atoms. The summed E-state index contributed by atoms with van der Waals surface area (Å²) in [5, 5.41) is 0. The second kappa shape index (κ2) is 9.54. The van der Waals surface area contributed by atoms with E-state index < -0.39 is 5.41 Å². The van der Waals surface area contributed by atoms with Gasteiger partial charge in [0.25, 0.3) is 5.91 Å². The van der Waals surface area contributed by atoms with Gasteiger partial charge in [0.2, 0.25) is 0 Å². The molecule has 2 aliphatic heterocycles. The number of benzene rings is 2. The minimum Gasteiger partial charge on any atom is -0.490 e. The Bertz CT molecular complexity index is 931. The van der Waals surface area contributed by atoms with Crippen LogP contribution in [-0.4, -0.2) is 43.1 Å². The number of amides is 1. The lowest BCUT2D eigenvalue weighted by Crippen LogP contribution is -2.47. The highest BCUT2D eigenvalue weighted by Gasteiger charge is 2.43. The quantitative estimate of drug-likeness (QED) is 0.633. The molecule has 1 saturated heterocycles. The molecule has 2 aromatic rings. The predicted octanol–water partition coefficient (Wildman–Crippen LogP) is 4.57. The lowest BCUT2D eigenvalue weighted by molar-refractivity contribution is -0.160. The Morgan fingerprint density at radius 3 is 2.52 bits per heavy atom. The molecule has 0 unspecified atom stereocenters. The highest BCUT2D eigenvalue weighted by Crippen LogP contribution is 2.39. The van der Waals surface area contributed by atoms with Crippen molar-refractivity contribution in [2.24, 2.45) is 5.41 Å². The summed E-state index contributed by atoms with van der Waals surface area (Å²) in [6.07, 6.45) is 5.01. The molecule has 2 heterocycles. The Hall–Kier alpha value is -2.82. The van der Waals surface area contributed by atoms with Crippen LogP contribution < -0.4 is 4.74 Å². The minimum absolute atomic E-state index is 0.0464. The maximum atomic E-state index is 13.1. The molecule has 0 saturated carbocycles. The van der Waals surface area contributed by atoms with Crippen LogP contribution in [0.5, 0.6) is 5.75 Å². The van der Waals surface area contributed by atoms with Crippen LogP contribution in [0.1, 0.15) is 53.6 Å². The van der Waals surface area contributed by atoms with Crippen LogP contribution >= 0.6 is 0 Å². The van der Waals surface area contributed by atoms with Crippen molar-refractivity contribution >= 4 is 11.9 Å². The molecule has 1 amide bonds. The van der Waals surface area contributed by atoms with E-state index in [4.69, 9.17) is 9.47 Å². The van der Waals surface area contributed by atoms with E-state index in [2.05, 4.69) is 6.07 Å². The number of nitrogens with zero attached hydrogens (tertiary/aromatic N) is 1. The average molecular weight is 422 g/mol. The average Bonchev–Trinajstić information content (AvgIpc) is 2.79. The first kappa shape index (κ1) is 21.4. The Balaban J connectivity index is 1.42. The van der Waals surface area contributed by atoms with Crippen molar-refractivity contribution in [3.8, 4) is 5.75 Å². The van der Waals surface area contributed by atoms with E-state index in [0.717, 1.165) is 37.0 Å². The SMILES string of the molecule is Cc1cccc(C(=O)N2CCC3(CCCCc4ccccc4OCCOC3=O)CC2)c1. The second-order valence-electron chi connectivity index (χ2n) is 8.74. The van der Waals surface area contributed by atoms with Crippen LogP contribution in [0.15, 0.2) is 48.5 Å². The number of carbonyl (C=O) groups excluding carboxylic acids is 2. The predicted molar refractivity (Wildman–Crippen MR) is 119 cm³/mol. The highest BCUT2D eigenvalue weighted by atomic mass is 16.6. The minimum atomic E-state index is -0.498. The first-order valence-corrected chi connectivity index (χ1v) is 11.3. The number of esters is 1. The number of likely N-dealkylation sites (tertiary alicyclic amines) is 1. The number of cyclic esters (lactones) is 1. The zero-order valence-electron chi connectivity index (χ0n) is 18.3. The van der Waals surface area contributed by atoms with Gasteiger partial charge >= 0.3 is 5.97 Å². The zero-order chi connectivity index (χ0) is 21.7. The van der Waals surface area contributed by atoms with E-state index >= 15 is 0 Å². The van der Waals surface area contributed by atoms with Gasteiger partial charge in [0, 0.05) is 18.7 Å². The third-order valence-electron chi connectivity index (χ3n) is 6.60. The van der Waals surface area contributed by atoms with E-state index in [0.29, 0.717) is 38.1 Å². The summed E-state index contributed by atoms with van der Waals surface area (Å²) in [6.45, 7) is 3.77. The van der Waals surface area contributed by atoms with Gasteiger partial charge in [-0.05, 0) is 62.8 Å². The fourth-order valence-electron chi connectivity index (χ4n) is 4.72. The molecule has 0 N–H and O–H groups in total. The van der Waals surface area contributed by atoms with E-state index in [1.807, 2.05) is 54.3 Å². The summed E-state index contributed by atoms with van der Waals surface area (Å²) < 4.78 is 11.5. The molecule has 2 aromatic carbocycles. The second-order valence-corrected chi connectivity index (χ2v) is 8.74. The van der Waals surface area contributed by atoms with E-state index in [-0.39, 0.29) is 18.5 Å². The fourth-order valence-corrected chi connectivity index (χ4v) is 4.72. The van der Waals surface area contributed by atoms with E-state index in [9.17, 15) is 9.59 Å². The molecule has 0 atom stereocenters. The Morgan fingerprint density at radius 1 is 0.935 bits per heavy atom. The van der Waals surface area contributed by atoms with Gasteiger partial charge in [-0.2, -0.15) is 0 Å². The van der Waals surface area contributed by atoms with Gasteiger partial charge in [-0.1, -0.05) is 42.3 Å². The van der Waals surface area contributed by atoms with Crippen molar-refractivity contribution in [2.75, 3.05) is 26.3 Å². The highest BCUT2D eigenvalue weighted by molar-refractivity contribution is 5.94. The molecule has 0 radical (unpaired) electrons. The monoisotopic (exact) mass is 421 g/mol. The topological polar surface area (TPSA) is 55.8 Å². The van der Waals surface area contributed by atoms with Crippen LogP contribution in [-0.2, 0) is 16.0 Å². The van der Waals surface area contributed by atoms with Gasteiger partial charge < -0.3 is 14.4 Å². The maximum absolute atomic E-state index is 13.1. The van der Waals surface area contributed by atoms with Crippen molar-refractivity contribution < 1.29 is 19.1 Å². The molecule has 1 spiro atoms. The molecule has 4 rings (SSSR count). The molecule has 0 aromatic heterocycles. The van der Waals surface area contributed by atoms with Crippen molar-refractivity contribution in [3.05, 3.63) is 65.2 Å². The number of piperidine rings is 1. The maximum Gasteiger partial charge on any atom is 0.312 e. The lowest BCUT2D eigenvalue weighted by Gasteiger charge is -2.40. The molecule has 164 valence electrons. The van der Waals surface area contributed by atoms with Gasteiger partial charge in [-0.25, -0.2) is 0 Å². The number of fused-ring (bicyclic) bond motifs is 1. The van der Waals surface area contributed by atoms with Crippen molar-refractivity contribution in [2.45, 2.75) is 45.4 Å². The number of carbonyl (C=O) groups is 2. The van der Waals surface area contributed by atoms with E-state index in [1.54, 1.807) is 0 Å². The Labute approximate surface area is 184 Å². The smallest absolute Gasteiger partial charge is 0.312 e. The molecule has 5 nitrogen and oxygen atoms in total. The van der Waals surface area contributed by atoms with Crippen LogP contribution in [0.4, 0.5) is 0 Å². The number of aryl methyl sites for hydroxylation is 2. The van der Waals surface area contributed by atoms with Crippen LogP contribution in [0, 0.1) is 12.3 Å². The summed E-state index contributed by atoms with van der Waals surface area (Å²) in [6, 6.07) is 15.8. The number of ether oxygens (including phenoxy) is 2. The summed E-state index contributed by atoms with van der Waals surface area (Å²) in [5.74, 6) is 0.800. The van der Waals surface area contributed by atoms with Crippen LogP contribution in [0.3, 0.4) is 0 Å². The fraction of sp³-hybridized carbons (Fsp3) is 0.462. The molecule has 2 aliphatic rings. The first-order chi connectivity index (χ1) is 15.1. The van der Waals surface area contributed by atoms with Gasteiger partial charge in [0.05, 0.1) is 5.41 Å². The van der Waals surface area contributed by atoms with Gasteiger partial charge in [-0.3, -0.25) is 9.59 Å². The Morgan fingerprint density at radius 2 is 1.71 bits per heavy atom. The number of hydrogen-bond acceptors (Lipinski definition) is 4. The third kappa shape index (κ3) is 4.92. The third-order valence-corrected chi connectivity index (χ3v) is 6.60. The van der Waals surface area contributed by atoms with Crippen LogP contribution in [0.2, 0.25) is 0 Å². The lowest BCUT2D eigenvalue weighted by atomic mass is 9.74. The zero-order valence-corrected chi connectivity index (χ0v) is 18.3. The van der Waals surface area contributed by atoms with Gasteiger partial charge in [0.15, 0.2) is 0 Å². The van der Waals surface area contributed by atoms with Gasteiger partial charge in [-0.15, -0.1) is 0 Å². The number of para-hydroxylation sites is 1. The van der Waals surface area contributed by atoms with Gasteiger partial charge in [0.1, 0.15) is 19.0 Å². The summed E-state index contributed by atoms with van der Waals surface area (Å²) >= 11 is 0. The van der Waals surface area contributed by atoms with Crippen molar-refractivity contribution in [1.29, 1.82) is 0 Å². The Kier molecular flexibility index (Phi) is 6.59. The molecular weight excluding hydrogens is 390 g/mol. The van der Waals surface area contributed by atoms with Crippen LogP contribution in [0.25, 0.3) is 0 Å². The first-order valence-electron chi connectivity index (χ1n) is 11.3. The summed E-state index contributed by atoms with van der Waals surface area (Å²) in [4.78, 5) is 27.9.